The number of nitrogens with two attached hydrogens (primary N) is 1. The predicted molar refractivity (Wildman–Crippen MR) is 73.4 cm³/mol. The van der Waals surface area contributed by atoms with Crippen molar-refractivity contribution in [3.63, 3.8) is 0 Å². The highest BCUT2D eigenvalue weighted by Gasteiger charge is 2.10. The Balaban J connectivity index is 2.25. The summed E-state index contributed by atoms with van der Waals surface area (Å²) >= 11 is 0. The first-order chi connectivity index (χ1) is 9.02. The van der Waals surface area contributed by atoms with Crippen molar-refractivity contribution in [2.45, 2.75) is 20.4 Å². The van der Waals surface area contributed by atoms with E-state index in [1.165, 1.54) is 0 Å². The third-order valence-electron chi connectivity index (χ3n) is 2.97. The van der Waals surface area contributed by atoms with Gasteiger partial charge in [0, 0.05) is 24.8 Å². The zero-order valence-electron chi connectivity index (χ0n) is 11.2. The summed E-state index contributed by atoms with van der Waals surface area (Å²) in [5.41, 5.74) is 9.10. The van der Waals surface area contributed by atoms with E-state index >= 15 is 0 Å². The zero-order chi connectivity index (χ0) is 14.0. The van der Waals surface area contributed by atoms with Crippen molar-refractivity contribution < 1.29 is 0 Å². The largest absolute Gasteiger partial charge is 0.384 e. The van der Waals surface area contributed by atoms with E-state index in [2.05, 4.69) is 21.5 Å². The molecule has 0 radical (unpaired) electrons. The quantitative estimate of drug-likeness (QED) is 0.868. The highest BCUT2D eigenvalue weighted by molar-refractivity contribution is 5.57. The minimum Gasteiger partial charge on any atom is -0.384 e. The van der Waals surface area contributed by atoms with Crippen LogP contribution in [0, 0.1) is 25.2 Å². The molecule has 2 heterocycles. The molecule has 0 saturated carbocycles. The number of rotatable bonds is 3. The molecular weight excluding hydrogens is 240 g/mol. The molecule has 98 valence electrons. The molecule has 0 unspecified atom stereocenters. The van der Waals surface area contributed by atoms with Gasteiger partial charge in [-0.3, -0.25) is 4.68 Å². The number of nitrogen functional groups attached to an aromatic ring is 1. The summed E-state index contributed by atoms with van der Waals surface area (Å²) in [6.45, 7) is 4.29. The van der Waals surface area contributed by atoms with Crippen LogP contribution in [-0.2, 0) is 13.6 Å². The molecule has 0 atom stereocenters. The lowest BCUT2D eigenvalue weighted by molar-refractivity contribution is 0.778. The first kappa shape index (κ1) is 12.9. The maximum absolute atomic E-state index is 9.17. The summed E-state index contributed by atoms with van der Waals surface area (Å²) in [7, 11) is 1.79. The minimum atomic E-state index is 0.490. The highest BCUT2D eigenvalue weighted by Crippen LogP contribution is 2.19. The van der Waals surface area contributed by atoms with Crippen LogP contribution in [0.3, 0.4) is 0 Å². The van der Waals surface area contributed by atoms with E-state index in [0.717, 1.165) is 16.8 Å². The van der Waals surface area contributed by atoms with Crippen molar-refractivity contribution >= 4 is 11.6 Å². The van der Waals surface area contributed by atoms with Crippen LogP contribution in [0.5, 0.6) is 0 Å². The number of anilines is 2. The second-order valence-corrected chi connectivity index (χ2v) is 4.45. The van der Waals surface area contributed by atoms with Gasteiger partial charge in [0.1, 0.15) is 17.7 Å². The van der Waals surface area contributed by atoms with E-state index in [4.69, 9.17) is 5.73 Å². The van der Waals surface area contributed by atoms with Gasteiger partial charge in [0.25, 0.3) is 0 Å². The Morgan fingerprint density at radius 1 is 1.47 bits per heavy atom. The van der Waals surface area contributed by atoms with E-state index in [1.807, 2.05) is 19.9 Å². The van der Waals surface area contributed by atoms with Crippen molar-refractivity contribution in [1.82, 2.24) is 14.8 Å². The SMILES string of the molecule is Cc1cc(C)c(C#N)c(NCc2cnn(C)c2N)n1. The molecule has 0 fully saturated rings. The summed E-state index contributed by atoms with van der Waals surface area (Å²) in [5.74, 6) is 1.19. The van der Waals surface area contributed by atoms with Crippen LogP contribution < -0.4 is 11.1 Å². The van der Waals surface area contributed by atoms with Gasteiger partial charge in [-0.15, -0.1) is 0 Å². The van der Waals surface area contributed by atoms with Gasteiger partial charge in [0.05, 0.1) is 11.8 Å². The Hall–Kier alpha value is -2.55. The second kappa shape index (κ2) is 4.98. The molecule has 3 N–H and O–H groups in total. The molecule has 0 aromatic carbocycles. The Morgan fingerprint density at radius 3 is 2.79 bits per heavy atom. The average molecular weight is 256 g/mol. The summed E-state index contributed by atoms with van der Waals surface area (Å²) in [6.07, 6.45) is 1.71. The van der Waals surface area contributed by atoms with E-state index in [-0.39, 0.29) is 0 Å². The second-order valence-electron chi connectivity index (χ2n) is 4.45. The Bertz CT molecular complexity index is 650. The van der Waals surface area contributed by atoms with Crippen LogP contribution >= 0.6 is 0 Å². The molecule has 0 saturated heterocycles. The standard InChI is InChI=1S/C13H16N6/c1-8-4-9(2)18-13(11(8)5-14)16-6-10-7-17-19(3)12(10)15/h4,7H,6,15H2,1-3H3,(H,16,18). The number of nitriles is 1. The molecule has 2 rings (SSSR count). The van der Waals surface area contributed by atoms with Crippen molar-refractivity contribution in [3.8, 4) is 6.07 Å². The Morgan fingerprint density at radius 2 is 2.21 bits per heavy atom. The number of nitrogens with zero attached hydrogens (tertiary/aromatic N) is 4. The molecule has 0 aliphatic heterocycles. The number of hydrogen-bond acceptors (Lipinski definition) is 5. The smallest absolute Gasteiger partial charge is 0.144 e. The lowest BCUT2D eigenvalue weighted by Gasteiger charge is -2.10. The van der Waals surface area contributed by atoms with Gasteiger partial charge in [0.15, 0.2) is 0 Å². The maximum Gasteiger partial charge on any atom is 0.144 e. The maximum atomic E-state index is 9.17. The topological polar surface area (TPSA) is 92.5 Å². The number of aromatic nitrogens is 3. The first-order valence-corrected chi connectivity index (χ1v) is 5.91. The third kappa shape index (κ3) is 2.50. The Kier molecular flexibility index (Phi) is 3.38. The van der Waals surface area contributed by atoms with Gasteiger partial charge in [-0.25, -0.2) is 4.98 Å². The van der Waals surface area contributed by atoms with E-state index in [0.29, 0.717) is 23.7 Å². The molecule has 0 amide bonds. The molecular formula is C13H16N6. The molecule has 6 heteroatoms. The van der Waals surface area contributed by atoms with Crippen LogP contribution in [0.4, 0.5) is 11.6 Å². The van der Waals surface area contributed by atoms with Crippen molar-refractivity contribution in [2.75, 3.05) is 11.1 Å². The fraction of sp³-hybridized carbons (Fsp3) is 0.308. The van der Waals surface area contributed by atoms with Crippen molar-refractivity contribution in [2.24, 2.45) is 7.05 Å². The van der Waals surface area contributed by atoms with Crippen LogP contribution in [0.1, 0.15) is 22.4 Å². The monoisotopic (exact) mass is 256 g/mol. The molecule has 0 bridgehead atoms. The summed E-state index contributed by atoms with van der Waals surface area (Å²) < 4.78 is 1.61. The first-order valence-electron chi connectivity index (χ1n) is 5.91. The Labute approximate surface area is 111 Å². The molecule has 2 aromatic rings. The number of hydrogen-bond donors (Lipinski definition) is 2. The van der Waals surface area contributed by atoms with Gasteiger partial charge in [-0.1, -0.05) is 0 Å². The average Bonchev–Trinajstić information content (AvgIpc) is 2.67. The molecule has 19 heavy (non-hydrogen) atoms. The van der Waals surface area contributed by atoms with Gasteiger partial charge >= 0.3 is 0 Å². The van der Waals surface area contributed by atoms with E-state index in [9.17, 15) is 5.26 Å². The molecule has 0 spiro atoms. The molecule has 2 aromatic heterocycles. The van der Waals surface area contributed by atoms with Crippen LogP contribution in [0.2, 0.25) is 0 Å². The number of nitrogens with one attached hydrogen (secondary N) is 1. The summed E-state index contributed by atoms with van der Waals surface area (Å²) in [5, 5.41) is 16.4. The van der Waals surface area contributed by atoms with Crippen LogP contribution in [0.25, 0.3) is 0 Å². The van der Waals surface area contributed by atoms with Crippen LogP contribution in [-0.4, -0.2) is 14.8 Å². The molecule has 6 nitrogen and oxygen atoms in total. The van der Waals surface area contributed by atoms with Crippen molar-refractivity contribution in [3.05, 3.63) is 34.6 Å². The van der Waals surface area contributed by atoms with Crippen molar-refractivity contribution in [1.29, 1.82) is 5.26 Å². The summed E-state index contributed by atoms with van der Waals surface area (Å²) in [6, 6.07) is 4.06. The lowest BCUT2D eigenvalue weighted by Crippen LogP contribution is -2.07. The zero-order valence-corrected chi connectivity index (χ0v) is 11.2. The fourth-order valence-electron chi connectivity index (χ4n) is 1.91. The molecule has 0 aliphatic carbocycles. The minimum absolute atomic E-state index is 0.490. The molecule has 0 aliphatic rings. The van der Waals surface area contributed by atoms with E-state index < -0.39 is 0 Å². The predicted octanol–water partition coefficient (Wildman–Crippen LogP) is 1.50. The number of aryl methyl sites for hydroxylation is 3. The third-order valence-corrected chi connectivity index (χ3v) is 2.97. The van der Waals surface area contributed by atoms with Crippen LogP contribution in [0.15, 0.2) is 12.3 Å². The van der Waals surface area contributed by atoms with Gasteiger partial charge in [-0.2, -0.15) is 10.4 Å². The van der Waals surface area contributed by atoms with Gasteiger partial charge in [0.2, 0.25) is 0 Å². The fourth-order valence-corrected chi connectivity index (χ4v) is 1.91. The lowest BCUT2D eigenvalue weighted by atomic mass is 10.1. The van der Waals surface area contributed by atoms with E-state index in [1.54, 1.807) is 17.9 Å². The van der Waals surface area contributed by atoms with Gasteiger partial charge in [-0.05, 0) is 25.5 Å². The number of pyridine rings is 1. The van der Waals surface area contributed by atoms with Gasteiger partial charge < -0.3 is 11.1 Å². The summed E-state index contributed by atoms with van der Waals surface area (Å²) in [4.78, 5) is 4.35. The normalized spacial score (nSPS) is 10.2. The highest BCUT2D eigenvalue weighted by atomic mass is 15.3.